The summed E-state index contributed by atoms with van der Waals surface area (Å²) in [6.45, 7) is 0. The zero-order valence-electron chi connectivity index (χ0n) is 5.96. The fourth-order valence-corrected chi connectivity index (χ4v) is 2.46. The van der Waals surface area contributed by atoms with Gasteiger partial charge in [0.2, 0.25) is 6.41 Å². The first-order chi connectivity index (χ1) is 4.88. The van der Waals surface area contributed by atoms with Crippen molar-refractivity contribution in [3.8, 4) is 0 Å². The van der Waals surface area contributed by atoms with Gasteiger partial charge in [-0.1, -0.05) is 0 Å². The van der Waals surface area contributed by atoms with Crippen LogP contribution in [-0.2, 0) is 4.79 Å². The molecule has 0 spiro atoms. The summed E-state index contributed by atoms with van der Waals surface area (Å²) in [6, 6.07) is 0.780. The highest BCUT2D eigenvalue weighted by Gasteiger charge is 2.25. The number of likely N-dealkylation sites (N-methyl/N-ethyl adjacent to an activating group) is 1. The lowest BCUT2D eigenvalue weighted by atomic mass is 10.2. The van der Waals surface area contributed by atoms with Crippen molar-refractivity contribution in [2.75, 3.05) is 18.6 Å². The molecule has 0 saturated carbocycles. The maximum Gasteiger partial charge on any atom is 0.207 e. The van der Waals surface area contributed by atoms with Gasteiger partial charge in [-0.15, -0.1) is 0 Å². The minimum absolute atomic E-state index is 0.326. The van der Waals surface area contributed by atoms with E-state index >= 15 is 0 Å². The highest BCUT2D eigenvalue weighted by atomic mass is 32.2. The Kier molecular flexibility index (Phi) is 3.02. The van der Waals surface area contributed by atoms with Crippen LogP contribution in [0.15, 0.2) is 0 Å². The molecular weight excluding hydrogens is 148 g/mol. The molecule has 0 aromatic carbocycles. The van der Waals surface area contributed by atoms with Gasteiger partial charge in [-0.3, -0.25) is 4.79 Å². The Bertz CT molecular complexity index is 120. The molecule has 4 heteroatoms. The lowest BCUT2D eigenvalue weighted by molar-refractivity contribution is -0.110. The van der Waals surface area contributed by atoms with E-state index in [0.717, 1.165) is 17.9 Å². The van der Waals surface area contributed by atoms with Gasteiger partial charge in [-0.2, -0.15) is 11.8 Å². The van der Waals surface area contributed by atoms with Crippen LogP contribution in [0, 0.1) is 0 Å². The highest BCUT2D eigenvalue weighted by molar-refractivity contribution is 7.99. The van der Waals surface area contributed by atoms with E-state index in [0.29, 0.717) is 12.1 Å². The number of rotatable bonds is 3. The van der Waals surface area contributed by atoms with Gasteiger partial charge < -0.3 is 10.6 Å². The van der Waals surface area contributed by atoms with Crippen LogP contribution in [0.3, 0.4) is 0 Å². The average molecular weight is 160 g/mol. The number of thioether (sulfide) groups is 1. The molecule has 1 aliphatic heterocycles. The van der Waals surface area contributed by atoms with Crippen molar-refractivity contribution in [3.05, 3.63) is 0 Å². The van der Waals surface area contributed by atoms with Gasteiger partial charge in [0.1, 0.15) is 0 Å². The van der Waals surface area contributed by atoms with E-state index in [-0.39, 0.29) is 0 Å². The first-order valence-corrected chi connectivity index (χ1v) is 4.48. The summed E-state index contributed by atoms with van der Waals surface area (Å²) in [5.41, 5.74) is 0. The van der Waals surface area contributed by atoms with E-state index in [1.54, 1.807) is 0 Å². The first kappa shape index (κ1) is 7.88. The lowest BCUT2D eigenvalue weighted by Gasteiger charge is -2.16. The van der Waals surface area contributed by atoms with Gasteiger partial charge in [0.05, 0.1) is 6.04 Å². The molecule has 1 saturated heterocycles. The third kappa shape index (κ3) is 1.64. The molecule has 3 nitrogen and oxygen atoms in total. The molecule has 0 aromatic heterocycles. The summed E-state index contributed by atoms with van der Waals surface area (Å²) in [5, 5.41) is 5.94. The van der Waals surface area contributed by atoms with Gasteiger partial charge in [-0.05, 0) is 7.05 Å². The Balaban J connectivity index is 2.34. The molecular formula is C6H12N2OS. The van der Waals surface area contributed by atoms with E-state index in [1.165, 1.54) is 0 Å². The molecule has 1 aliphatic rings. The van der Waals surface area contributed by atoms with Gasteiger partial charge >= 0.3 is 0 Å². The molecule has 1 amide bonds. The number of carbonyl (C=O) groups excluding carboxylic acids is 1. The zero-order chi connectivity index (χ0) is 7.40. The first-order valence-electron chi connectivity index (χ1n) is 3.33. The molecule has 0 unspecified atom stereocenters. The molecule has 1 heterocycles. The summed E-state index contributed by atoms with van der Waals surface area (Å²) in [4.78, 5) is 10.1. The number of hydrogen-bond donors (Lipinski definition) is 2. The van der Waals surface area contributed by atoms with Crippen LogP contribution in [0.1, 0.15) is 0 Å². The summed E-state index contributed by atoms with van der Waals surface area (Å²) in [7, 11) is 1.93. The predicted octanol–water partition coefficient (Wildman–Crippen LogP) is -0.564. The number of carbonyl (C=O) groups is 1. The number of hydrogen-bond acceptors (Lipinski definition) is 3. The molecule has 2 atom stereocenters. The fraction of sp³-hybridized carbons (Fsp3) is 0.833. The van der Waals surface area contributed by atoms with Gasteiger partial charge in [-0.25, -0.2) is 0 Å². The molecule has 1 fully saturated rings. The van der Waals surface area contributed by atoms with Crippen LogP contribution in [0.4, 0.5) is 0 Å². The van der Waals surface area contributed by atoms with Crippen molar-refractivity contribution in [1.82, 2.24) is 10.6 Å². The van der Waals surface area contributed by atoms with Crippen molar-refractivity contribution < 1.29 is 4.79 Å². The highest BCUT2D eigenvalue weighted by Crippen LogP contribution is 2.17. The van der Waals surface area contributed by atoms with Crippen molar-refractivity contribution in [1.29, 1.82) is 0 Å². The van der Waals surface area contributed by atoms with E-state index in [2.05, 4.69) is 10.6 Å². The van der Waals surface area contributed by atoms with Crippen LogP contribution >= 0.6 is 11.8 Å². The Morgan fingerprint density at radius 3 is 2.80 bits per heavy atom. The van der Waals surface area contributed by atoms with Crippen molar-refractivity contribution in [2.24, 2.45) is 0 Å². The van der Waals surface area contributed by atoms with Gasteiger partial charge in [0.25, 0.3) is 0 Å². The molecule has 58 valence electrons. The summed E-state index contributed by atoms with van der Waals surface area (Å²) < 4.78 is 0. The largest absolute Gasteiger partial charge is 0.354 e. The lowest BCUT2D eigenvalue weighted by Crippen LogP contribution is -2.45. The van der Waals surface area contributed by atoms with Crippen molar-refractivity contribution in [3.63, 3.8) is 0 Å². The maximum absolute atomic E-state index is 10.1. The predicted molar refractivity (Wildman–Crippen MR) is 43.2 cm³/mol. The molecule has 10 heavy (non-hydrogen) atoms. The van der Waals surface area contributed by atoms with Gasteiger partial charge in [0, 0.05) is 17.5 Å². The molecule has 0 aliphatic carbocycles. The Labute approximate surface area is 64.9 Å². The van der Waals surface area contributed by atoms with Gasteiger partial charge in [0.15, 0.2) is 0 Å². The third-order valence-corrected chi connectivity index (χ3v) is 2.92. The standard InChI is InChI=1S/C6H12N2OS/c1-7-5-2-10-3-6(5)8-4-9/h4-7H,2-3H2,1H3,(H,8,9)/t5-,6+/m0/s1. The fourth-order valence-electron chi connectivity index (χ4n) is 1.09. The van der Waals surface area contributed by atoms with E-state index < -0.39 is 0 Å². The number of amides is 1. The molecule has 0 aromatic rings. The third-order valence-electron chi connectivity index (χ3n) is 1.73. The summed E-state index contributed by atoms with van der Waals surface area (Å²) >= 11 is 1.87. The van der Waals surface area contributed by atoms with Crippen molar-refractivity contribution in [2.45, 2.75) is 12.1 Å². The molecule has 1 rings (SSSR count). The van der Waals surface area contributed by atoms with E-state index in [4.69, 9.17) is 0 Å². The molecule has 0 radical (unpaired) electrons. The summed E-state index contributed by atoms with van der Waals surface area (Å²) in [5.74, 6) is 2.13. The monoisotopic (exact) mass is 160 g/mol. The SMILES string of the molecule is CN[C@H]1CSC[C@H]1NC=O. The van der Waals surface area contributed by atoms with E-state index in [1.807, 2.05) is 18.8 Å². The Hall–Kier alpha value is -0.220. The van der Waals surface area contributed by atoms with Crippen molar-refractivity contribution >= 4 is 18.2 Å². The second kappa shape index (κ2) is 3.83. The average Bonchev–Trinajstić information content (AvgIpc) is 2.36. The van der Waals surface area contributed by atoms with Crippen LogP contribution in [0.2, 0.25) is 0 Å². The van der Waals surface area contributed by atoms with Crippen LogP contribution in [0.25, 0.3) is 0 Å². The second-order valence-electron chi connectivity index (χ2n) is 2.32. The minimum Gasteiger partial charge on any atom is -0.354 e. The Morgan fingerprint density at radius 1 is 1.50 bits per heavy atom. The zero-order valence-corrected chi connectivity index (χ0v) is 6.78. The minimum atomic E-state index is 0.326. The normalized spacial score (nSPS) is 32.1. The summed E-state index contributed by atoms with van der Waals surface area (Å²) in [6.07, 6.45) is 0.779. The molecule has 0 bridgehead atoms. The second-order valence-corrected chi connectivity index (χ2v) is 3.40. The van der Waals surface area contributed by atoms with Crippen LogP contribution in [-0.4, -0.2) is 37.0 Å². The Morgan fingerprint density at radius 2 is 2.20 bits per heavy atom. The smallest absolute Gasteiger partial charge is 0.207 e. The van der Waals surface area contributed by atoms with Crippen LogP contribution in [0.5, 0.6) is 0 Å². The topological polar surface area (TPSA) is 41.1 Å². The van der Waals surface area contributed by atoms with Crippen LogP contribution < -0.4 is 10.6 Å². The van der Waals surface area contributed by atoms with E-state index in [9.17, 15) is 4.79 Å². The number of nitrogens with one attached hydrogen (secondary N) is 2. The maximum atomic E-state index is 10.1. The quantitative estimate of drug-likeness (QED) is 0.544. The molecule has 2 N–H and O–H groups in total.